The molecular formula is C12H16N4O. The lowest BCUT2D eigenvalue weighted by atomic mass is 10.2. The van der Waals surface area contributed by atoms with E-state index in [2.05, 4.69) is 5.32 Å². The second kappa shape index (κ2) is 4.86. The van der Waals surface area contributed by atoms with Crippen molar-refractivity contribution in [3.05, 3.63) is 35.9 Å². The Morgan fingerprint density at radius 1 is 1.35 bits per heavy atom. The van der Waals surface area contributed by atoms with Crippen LogP contribution in [0.2, 0.25) is 0 Å². The van der Waals surface area contributed by atoms with E-state index in [9.17, 15) is 4.79 Å². The summed E-state index contributed by atoms with van der Waals surface area (Å²) in [5.74, 6) is 0.271. The van der Waals surface area contributed by atoms with Gasteiger partial charge in [-0.2, -0.15) is 0 Å². The number of hydrogen-bond donors (Lipinski definition) is 2. The quantitative estimate of drug-likeness (QED) is 0.801. The Hall–Kier alpha value is -2.04. The van der Waals surface area contributed by atoms with Crippen molar-refractivity contribution >= 4 is 12.0 Å². The molecule has 5 heteroatoms. The average Bonchev–Trinajstić information content (AvgIpc) is 2.72. The highest BCUT2D eigenvalue weighted by Crippen LogP contribution is 2.12. The van der Waals surface area contributed by atoms with Gasteiger partial charge in [0.25, 0.3) is 0 Å². The van der Waals surface area contributed by atoms with Crippen LogP contribution in [0.5, 0.6) is 0 Å². The molecule has 2 rings (SSSR count). The molecule has 1 aliphatic rings. The van der Waals surface area contributed by atoms with E-state index in [4.69, 9.17) is 5.41 Å². The SMILES string of the molecule is CNC(=O)N1CCN(Cc2ccccc2)C1=N. The maximum absolute atomic E-state index is 11.5. The molecule has 0 spiro atoms. The van der Waals surface area contributed by atoms with Crippen LogP contribution in [-0.2, 0) is 6.54 Å². The lowest BCUT2D eigenvalue weighted by molar-refractivity contribution is 0.225. The van der Waals surface area contributed by atoms with Gasteiger partial charge in [-0.05, 0) is 5.56 Å². The van der Waals surface area contributed by atoms with Crippen molar-refractivity contribution in [3.8, 4) is 0 Å². The van der Waals surface area contributed by atoms with Crippen LogP contribution in [0.4, 0.5) is 4.79 Å². The Balaban J connectivity index is 2.01. The number of guanidine groups is 1. The number of benzene rings is 1. The maximum atomic E-state index is 11.5. The summed E-state index contributed by atoms with van der Waals surface area (Å²) in [6.07, 6.45) is 0. The molecule has 17 heavy (non-hydrogen) atoms. The highest BCUT2D eigenvalue weighted by molar-refractivity contribution is 5.96. The van der Waals surface area contributed by atoms with E-state index in [-0.39, 0.29) is 12.0 Å². The van der Waals surface area contributed by atoms with Gasteiger partial charge in [0.15, 0.2) is 0 Å². The number of hydrogen-bond acceptors (Lipinski definition) is 2. The maximum Gasteiger partial charge on any atom is 0.324 e. The van der Waals surface area contributed by atoms with Gasteiger partial charge in [0.05, 0.1) is 0 Å². The molecular weight excluding hydrogens is 216 g/mol. The zero-order valence-electron chi connectivity index (χ0n) is 9.81. The number of urea groups is 1. The molecule has 90 valence electrons. The van der Waals surface area contributed by atoms with Crippen molar-refractivity contribution in [2.45, 2.75) is 6.54 Å². The Morgan fingerprint density at radius 2 is 2.06 bits per heavy atom. The summed E-state index contributed by atoms with van der Waals surface area (Å²) in [7, 11) is 1.58. The summed E-state index contributed by atoms with van der Waals surface area (Å²) >= 11 is 0. The summed E-state index contributed by atoms with van der Waals surface area (Å²) in [6.45, 7) is 1.96. The van der Waals surface area contributed by atoms with Gasteiger partial charge in [0.1, 0.15) is 0 Å². The minimum absolute atomic E-state index is 0.217. The first-order valence-electron chi connectivity index (χ1n) is 5.59. The van der Waals surface area contributed by atoms with Crippen molar-refractivity contribution in [1.29, 1.82) is 5.41 Å². The van der Waals surface area contributed by atoms with Crippen molar-refractivity contribution in [3.63, 3.8) is 0 Å². The van der Waals surface area contributed by atoms with E-state index in [0.717, 1.165) is 5.56 Å². The van der Waals surface area contributed by atoms with E-state index in [1.807, 2.05) is 35.2 Å². The Labute approximate surface area is 101 Å². The molecule has 0 radical (unpaired) electrons. The first-order chi connectivity index (χ1) is 8.22. The number of nitrogens with zero attached hydrogens (tertiary/aromatic N) is 2. The highest BCUT2D eigenvalue weighted by Gasteiger charge is 2.29. The lowest BCUT2D eigenvalue weighted by Gasteiger charge is -2.20. The van der Waals surface area contributed by atoms with Crippen molar-refractivity contribution < 1.29 is 4.79 Å². The molecule has 2 N–H and O–H groups in total. The first kappa shape index (κ1) is 11.4. The van der Waals surface area contributed by atoms with Gasteiger partial charge in [-0.1, -0.05) is 30.3 Å². The molecule has 2 amide bonds. The van der Waals surface area contributed by atoms with E-state index >= 15 is 0 Å². The number of nitrogens with one attached hydrogen (secondary N) is 2. The molecule has 0 bridgehead atoms. The lowest BCUT2D eigenvalue weighted by Crippen LogP contribution is -2.41. The van der Waals surface area contributed by atoms with Crippen LogP contribution in [-0.4, -0.2) is 41.9 Å². The monoisotopic (exact) mass is 232 g/mol. The third kappa shape index (κ3) is 2.38. The molecule has 0 saturated carbocycles. The Bertz CT molecular complexity index is 418. The number of rotatable bonds is 2. The van der Waals surface area contributed by atoms with Crippen LogP contribution in [0.3, 0.4) is 0 Å². The van der Waals surface area contributed by atoms with Gasteiger partial charge in [0, 0.05) is 26.7 Å². The third-order valence-electron chi connectivity index (χ3n) is 2.82. The van der Waals surface area contributed by atoms with Crippen LogP contribution in [0, 0.1) is 5.41 Å². The fraction of sp³-hybridized carbons (Fsp3) is 0.333. The van der Waals surface area contributed by atoms with Gasteiger partial charge in [-0.15, -0.1) is 0 Å². The van der Waals surface area contributed by atoms with E-state index in [1.165, 1.54) is 4.90 Å². The van der Waals surface area contributed by atoms with Crippen molar-refractivity contribution in [2.75, 3.05) is 20.1 Å². The summed E-state index contributed by atoms with van der Waals surface area (Å²) in [6, 6.07) is 9.75. The zero-order valence-corrected chi connectivity index (χ0v) is 9.81. The van der Waals surface area contributed by atoms with Gasteiger partial charge in [-0.25, -0.2) is 4.79 Å². The van der Waals surface area contributed by atoms with Crippen LogP contribution in [0.25, 0.3) is 0 Å². The average molecular weight is 232 g/mol. The van der Waals surface area contributed by atoms with Crippen LogP contribution < -0.4 is 5.32 Å². The molecule has 0 atom stereocenters. The molecule has 0 unspecified atom stereocenters. The van der Waals surface area contributed by atoms with Crippen LogP contribution in [0.15, 0.2) is 30.3 Å². The Morgan fingerprint density at radius 3 is 2.71 bits per heavy atom. The van der Waals surface area contributed by atoms with Crippen molar-refractivity contribution in [1.82, 2.24) is 15.1 Å². The topological polar surface area (TPSA) is 59.4 Å². The fourth-order valence-electron chi connectivity index (χ4n) is 1.89. The minimum Gasteiger partial charge on any atom is -0.341 e. The second-order valence-electron chi connectivity index (χ2n) is 3.94. The Kier molecular flexibility index (Phi) is 3.27. The van der Waals surface area contributed by atoms with Gasteiger partial charge < -0.3 is 10.2 Å². The molecule has 1 fully saturated rings. The van der Waals surface area contributed by atoms with E-state index < -0.39 is 0 Å². The van der Waals surface area contributed by atoms with Gasteiger partial charge in [-0.3, -0.25) is 10.3 Å². The largest absolute Gasteiger partial charge is 0.341 e. The molecule has 1 aromatic rings. The van der Waals surface area contributed by atoms with E-state index in [0.29, 0.717) is 19.6 Å². The smallest absolute Gasteiger partial charge is 0.324 e. The molecule has 1 heterocycles. The first-order valence-corrected chi connectivity index (χ1v) is 5.59. The minimum atomic E-state index is -0.217. The summed E-state index contributed by atoms with van der Waals surface area (Å²) in [5.41, 5.74) is 1.15. The summed E-state index contributed by atoms with van der Waals surface area (Å²) < 4.78 is 0. The molecule has 0 aromatic heterocycles. The normalized spacial score (nSPS) is 15.2. The van der Waals surface area contributed by atoms with Gasteiger partial charge in [0.2, 0.25) is 5.96 Å². The fourth-order valence-corrected chi connectivity index (χ4v) is 1.89. The van der Waals surface area contributed by atoms with Crippen LogP contribution in [0.1, 0.15) is 5.56 Å². The van der Waals surface area contributed by atoms with Crippen molar-refractivity contribution in [2.24, 2.45) is 0 Å². The third-order valence-corrected chi connectivity index (χ3v) is 2.82. The molecule has 1 aliphatic heterocycles. The number of carbonyl (C=O) groups is 1. The number of amides is 2. The molecule has 5 nitrogen and oxygen atoms in total. The zero-order chi connectivity index (χ0) is 12.3. The summed E-state index contributed by atoms with van der Waals surface area (Å²) in [5, 5.41) is 10.5. The summed E-state index contributed by atoms with van der Waals surface area (Å²) in [4.78, 5) is 14.8. The highest BCUT2D eigenvalue weighted by atomic mass is 16.2. The van der Waals surface area contributed by atoms with E-state index in [1.54, 1.807) is 7.05 Å². The predicted octanol–water partition coefficient (Wildman–Crippen LogP) is 1.08. The molecule has 1 aromatic carbocycles. The van der Waals surface area contributed by atoms with Crippen LogP contribution >= 0.6 is 0 Å². The van der Waals surface area contributed by atoms with Gasteiger partial charge >= 0.3 is 6.03 Å². The second-order valence-corrected chi connectivity index (χ2v) is 3.94. The number of carbonyl (C=O) groups excluding carboxylic acids is 1. The standard InChI is InChI=1S/C12H16N4O/c1-14-12(17)16-8-7-15(11(16)13)9-10-5-3-2-4-6-10/h2-6,13H,7-9H2,1H3,(H,14,17). The molecule has 1 saturated heterocycles. The predicted molar refractivity (Wildman–Crippen MR) is 65.7 cm³/mol. The molecule has 0 aliphatic carbocycles.